The molecule has 1 aliphatic rings. The predicted octanol–water partition coefficient (Wildman–Crippen LogP) is 5.07. The second-order valence-corrected chi connectivity index (χ2v) is 7.97. The Morgan fingerprint density at radius 3 is 2.60 bits per heavy atom. The third-order valence-electron chi connectivity index (χ3n) is 5.93. The lowest BCUT2D eigenvalue weighted by atomic mass is 10.0. The quantitative estimate of drug-likeness (QED) is 0.585. The van der Waals surface area contributed by atoms with Gasteiger partial charge in [-0.25, -0.2) is 0 Å². The number of pyridine rings is 1. The Bertz CT molecular complexity index is 1010. The summed E-state index contributed by atoms with van der Waals surface area (Å²) in [6, 6.07) is 9.74. The van der Waals surface area contributed by atoms with Gasteiger partial charge in [0, 0.05) is 31.0 Å². The number of benzene rings is 1. The molecule has 158 valence electrons. The molecule has 1 aromatic carbocycles. The number of aromatic nitrogens is 3. The normalized spacial score (nSPS) is 17.6. The van der Waals surface area contributed by atoms with E-state index < -0.39 is 11.7 Å². The molecule has 3 aromatic rings. The second-order valence-electron chi connectivity index (χ2n) is 7.97. The molecule has 4 rings (SSSR count). The lowest BCUT2D eigenvalue weighted by Gasteiger charge is -2.24. The molecule has 1 aliphatic heterocycles. The summed E-state index contributed by atoms with van der Waals surface area (Å²) < 4.78 is 40.7. The Morgan fingerprint density at radius 1 is 1.10 bits per heavy atom. The number of hydrogen-bond acceptors (Lipinski definition) is 3. The van der Waals surface area contributed by atoms with E-state index in [-0.39, 0.29) is 6.04 Å². The Morgan fingerprint density at radius 2 is 1.93 bits per heavy atom. The first-order valence-corrected chi connectivity index (χ1v) is 10.1. The van der Waals surface area contributed by atoms with E-state index in [1.165, 1.54) is 23.4 Å². The topological polar surface area (TPSA) is 34.0 Å². The number of alkyl halides is 3. The van der Waals surface area contributed by atoms with Gasteiger partial charge in [-0.15, -0.1) is 0 Å². The van der Waals surface area contributed by atoms with Crippen LogP contribution < -0.4 is 0 Å². The molecule has 0 radical (unpaired) electrons. The van der Waals surface area contributed by atoms with Gasteiger partial charge in [-0.2, -0.15) is 18.3 Å². The van der Waals surface area contributed by atoms with Gasteiger partial charge >= 0.3 is 6.18 Å². The molecule has 0 amide bonds. The molecule has 1 saturated heterocycles. The summed E-state index contributed by atoms with van der Waals surface area (Å²) in [7, 11) is 1.95. The van der Waals surface area contributed by atoms with Crippen LogP contribution in [0.2, 0.25) is 0 Å². The fourth-order valence-corrected chi connectivity index (χ4v) is 4.10. The van der Waals surface area contributed by atoms with Crippen LogP contribution in [0, 0.1) is 6.92 Å². The predicted molar refractivity (Wildman–Crippen MR) is 109 cm³/mol. The first-order chi connectivity index (χ1) is 14.3. The monoisotopic (exact) mass is 414 g/mol. The van der Waals surface area contributed by atoms with Crippen LogP contribution in [-0.4, -0.2) is 26.2 Å². The third-order valence-corrected chi connectivity index (χ3v) is 5.93. The maximum absolute atomic E-state index is 12.9. The zero-order valence-electron chi connectivity index (χ0n) is 17.2. The van der Waals surface area contributed by atoms with Crippen molar-refractivity contribution in [3.63, 3.8) is 0 Å². The first-order valence-electron chi connectivity index (χ1n) is 10.1. The molecule has 0 bridgehead atoms. The standard InChI is InChI=1S/C23H25F3N4/c1-16-19(14-28-29(16)2)15-30-10-4-7-22(30)21-9-8-18(13-27-21)11-17-5-3-6-20(12-17)23(24,25)26/h3,5-6,8-9,12-14,22H,4,7,10-11,15H2,1-2H3. The maximum Gasteiger partial charge on any atom is 0.416 e. The highest BCUT2D eigenvalue weighted by Crippen LogP contribution is 2.33. The van der Waals surface area contributed by atoms with Crippen molar-refractivity contribution in [3.8, 4) is 0 Å². The summed E-state index contributed by atoms with van der Waals surface area (Å²) in [5.41, 5.74) is 4.34. The van der Waals surface area contributed by atoms with Crippen LogP contribution >= 0.6 is 0 Å². The van der Waals surface area contributed by atoms with Crippen LogP contribution in [0.25, 0.3) is 0 Å². The molecule has 1 fully saturated rings. The molecule has 7 heteroatoms. The molecule has 0 aliphatic carbocycles. The molecular weight excluding hydrogens is 389 g/mol. The Labute approximate surface area is 174 Å². The molecule has 1 atom stereocenters. The lowest BCUT2D eigenvalue weighted by Crippen LogP contribution is -2.23. The molecular formula is C23H25F3N4. The summed E-state index contributed by atoms with van der Waals surface area (Å²) in [6.45, 7) is 3.94. The molecule has 4 nitrogen and oxygen atoms in total. The van der Waals surface area contributed by atoms with Gasteiger partial charge in [0.15, 0.2) is 0 Å². The van der Waals surface area contributed by atoms with E-state index in [2.05, 4.69) is 21.9 Å². The van der Waals surface area contributed by atoms with E-state index in [1.807, 2.05) is 30.1 Å². The minimum atomic E-state index is -4.32. The number of aryl methyl sites for hydroxylation is 1. The van der Waals surface area contributed by atoms with Gasteiger partial charge in [-0.3, -0.25) is 14.6 Å². The zero-order valence-corrected chi connectivity index (χ0v) is 17.2. The lowest BCUT2D eigenvalue weighted by molar-refractivity contribution is -0.137. The molecule has 1 unspecified atom stereocenters. The van der Waals surface area contributed by atoms with E-state index in [0.717, 1.165) is 43.3 Å². The van der Waals surface area contributed by atoms with Crippen molar-refractivity contribution in [2.24, 2.45) is 7.05 Å². The number of nitrogens with zero attached hydrogens (tertiary/aromatic N) is 4. The van der Waals surface area contributed by atoms with E-state index in [0.29, 0.717) is 12.0 Å². The number of likely N-dealkylation sites (tertiary alicyclic amines) is 1. The van der Waals surface area contributed by atoms with Crippen molar-refractivity contribution in [2.75, 3.05) is 6.54 Å². The number of halogens is 3. The van der Waals surface area contributed by atoms with Crippen molar-refractivity contribution < 1.29 is 13.2 Å². The van der Waals surface area contributed by atoms with Gasteiger partial charge in [0.1, 0.15) is 0 Å². The molecule has 0 N–H and O–H groups in total. The van der Waals surface area contributed by atoms with Gasteiger partial charge in [0.25, 0.3) is 0 Å². The van der Waals surface area contributed by atoms with Crippen molar-refractivity contribution in [1.82, 2.24) is 19.7 Å². The third kappa shape index (κ3) is 4.41. The van der Waals surface area contributed by atoms with E-state index in [9.17, 15) is 13.2 Å². The van der Waals surface area contributed by atoms with Crippen LogP contribution in [0.4, 0.5) is 13.2 Å². The SMILES string of the molecule is Cc1c(CN2CCCC2c2ccc(Cc3cccc(C(F)(F)F)c3)cn2)cnn1C. The Kier molecular flexibility index (Phi) is 5.64. The second kappa shape index (κ2) is 8.22. The fraction of sp³-hybridized carbons (Fsp3) is 0.391. The van der Waals surface area contributed by atoms with E-state index >= 15 is 0 Å². The van der Waals surface area contributed by atoms with E-state index in [4.69, 9.17) is 0 Å². The number of hydrogen-bond donors (Lipinski definition) is 0. The minimum absolute atomic E-state index is 0.257. The average Bonchev–Trinajstić information content (AvgIpc) is 3.30. The fourth-order valence-electron chi connectivity index (χ4n) is 4.10. The molecule has 30 heavy (non-hydrogen) atoms. The van der Waals surface area contributed by atoms with Crippen molar-refractivity contribution in [1.29, 1.82) is 0 Å². The maximum atomic E-state index is 12.9. The zero-order chi connectivity index (χ0) is 21.3. The average molecular weight is 414 g/mol. The van der Waals surface area contributed by atoms with Crippen molar-refractivity contribution in [2.45, 2.75) is 44.9 Å². The van der Waals surface area contributed by atoms with Gasteiger partial charge in [0.05, 0.1) is 23.5 Å². The minimum Gasteiger partial charge on any atom is -0.290 e. The van der Waals surface area contributed by atoms with Gasteiger partial charge in [0.2, 0.25) is 0 Å². The smallest absolute Gasteiger partial charge is 0.290 e. The van der Waals surface area contributed by atoms with Gasteiger partial charge in [-0.1, -0.05) is 24.3 Å². The van der Waals surface area contributed by atoms with Crippen LogP contribution in [0.5, 0.6) is 0 Å². The molecule has 0 spiro atoms. The summed E-state index contributed by atoms with van der Waals surface area (Å²) in [5, 5.41) is 4.33. The molecule has 0 saturated carbocycles. The van der Waals surface area contributed by atoms with Crippen molar-refractivity contribution in [3.05, 3.63) is 82.4 Å². The highest BCUT2D eigenvalue weighted by Gasteiger charge is 2.30. The Balaban J connectivity index is 1.46. The highest BCUT2D eigenvalue weighted by molar-refractivity contribution is 5.30. The summed E-state index contributed by atoms with van der Waals surface area (Å²) in [4.78, 5) is 7.09. The molecule has 2 aromatic heterocycles. The van der Waals surface area contributed by atoms with Crippen LogP contribution in [0.1, 0.15) is 52.5 Å². The van der Waals surface area contributed by atoms with E-state index in [1.54, 1.807) is 12.3 Å². The molecule has 3 heterocycles. The highest BCUT2D eigenvalue weighted by atomic mass is 19.4. The Hall–Kier alpha value is -2.67. The first kappa shape index (κ1) is 20.6. The van der Waals surface area contributed by atoms with Crippen molar-refractivity contribution >= 4 is 0 Å². The largest absolute Gasteiger partial charge is 0.416 e. The number of rotatable bonds is 5. The van der Waals surface area contributed by atoms with Gasteiger partial charge < -0.3 is 0 Å². The van der Waals surface area contributed by atoms with Crippen LogP contribution in [0.15, 0.2) is 48.8 Å². The summed E-state index contributed by atoms with van der Waals surface area (Å²) in [6.07, 6.45) is 2.01. The summed E-state index contributed by atoms with van der Waals surface area (Å²) >= 11 is 0. The van der Waals surface area contributed by atoms with Crippen LogP contribution in [-0.2, 0) is 26.2 Å². The van der Waals surface area contributed by atoms with Gasteiger partial charge in [-0.05, 0) is 56.0 Å². The van der Waals surface area contributed by atoms with Crippen LogP contribution in [0.3, 0.4) is 0 Å². The summed E-state index contributed by atoms with van der Waals surface area (Å²) in [5.74, 6) is 0.